The first-order chi connectivity index (χ1) is 11.5. The van der Waals surface area contributed by atoms with Crippen molar-refractivity contribution in [3.63, 3.8) is 0 Å². The van der Waals surface area contributed by atoms with E-state index in [0.717, 1.165) is 15.6 Å². The normalized spacial score (nSPS) is 11.6. The number of halogens is 1. The van der Waals surface area contributed by atoms with Crippen molar-refractivity contribution in [2.24, 2.45) is 0 Å². The molecule has 24 heavy (non-hydrogen) atoms. The highest BCUT2D eigenvalue weighted by Crippen LogP contribution is 2.21. The summed E-state index contributed by atoms with van der Waals surface area (Å²) in [5.41, 5.74) is 2.58. The zero-order chi connectivity index (χ0) is 17.5. The van der Waals surface area contributed by atoms with E-state index in [2.05, 4.69) is 21.2 Å². The highest BCUT2D eigenvalue weighted by atomic mass is 79.9. The van der Waals surface area contributed by atoms with Gasteiger partial charge < -0.3 is 10.1 Å². The maximum absolute atomic E-state index is 12.2. The van der Waals surface area contributed by atoms with Crippen LogP contribution >= 0.6 is 15.9 Å². The van der Waals surface area contributed by atoms with Gasteiger partial charge in [-0.1, -0.05) is 53.2 Å². The van der Waals surface area contributed by atoms with Gasteiger partial charge in [-0.2, -0.15) is 0 Å². The zero-order valence-corrected chi connectivity index (χ0v) is 15.3. The van der Waals surface area contributed by atoms with E-state index in [4.69, 9.17) is 4.74 Å². The van der Waals surface area contributed by atoms with Gasteiger partial charge in [0.2, 0.25) is 0 Å². The molecular formula is C19H20BrNO3. The minimum Gasteiger partial charge on any atom is -0.455 e. The molecule has 0 aliphatic carbocycles. The number of carbonyl (C=O) groups excluding carboxylic acids is 2. The predicted octanol–water partition coefficient (Wildman–Crippen LogP) is 4.43. The molecule has 1 N–H and O–H groups in total. The Morgan fingerprint density at radius 1 is 1.17 bits per heavy atom. The smallest absolute Gasteiger partial charge is 0.313 e. The van der Waals surface area contributed by atoms with E-state index >= 15 is 0 Å². The Morgan fingerprint density at radius 3 is 2.50 bits per heavy atom. The van der Waals surface area contributed by atoms with Gasteiger partial charge in [0.1, 0.15) is 0 Å². The summed E-state index contributed by atoms with van der Waals surface area (Å²) in [5.74, 6) is -1.09. The molecule has 0 saturated carbocycles. The van der Waals surface area contributed by atoms with Gasteiger partial charge in [0.05, 0.1) is 5.92 Å². The first kappa shape index (κ1) is 18.2. The molecule has 2 aromatic rings. The highest BCUT2D eigenvalue weighted by molar-refractivity contribution is 9.10. The monoisotopic (exact) mass is 389 g/mol. The number of ether oxygens (including phenoxy) is 1. The van der Waals surface area contributed by atoms with Crippen LogP contribution < -0.4 is 5.32 Å². The van der Waals surface area contributed by atoms with Crippen molar-refractivity contribution in [1.82, 2.24) is 0 Å². The molecule has 0 bridgehead atoms. The van der Waals surface area contributed by atoms with Gasteiger partial charge in [0.15, 0.2) is 6.61 Å². The Bertz CT molecular complexity index is 716. The molecule has 5 heteroatoms. The molecule has 0 spiro atoms. The second kappa shape index (κ2) is 8.64. The molecule has 0 aliphatic heterocycles. The Morgan fingerprint density at radius 2 is 1.88 bits per heavy atom. The van der Waals surface area contributed by atoms with E-state index in [1.807, 2.05) is 56.3 Å². The van der Waals surface area contributed by atoms with Gasteiger partial charge in [-0.05, 0) is 42.7 Å². The van der Waals surface area contributed by atoms with Gasteiger partial charge in [-0.25, -0.2) is 0 Å². The topological polar surface area (TPSA) is 55.4 Å². The van der Waals surface area contributed by atoms with Crippen LogP contribution in [-0.2, 0) is 14.3 Å². The van der Waals surface area contributed by atoms with Crippen molar-refractivity contribution < 1.29 is 14.3 Å². The maximum atomic E-state index is 12.2. The van der Waals surface area contributed by atoms with E-state index < -0.39 is 0 Å². The Labute approximate surface area is 150 Å². The molecule has 0 aromatic heterocycles. The molecule has 1 amide bonds. The van der Waals surface area contributed by atoms with Gasteiger partial charge in [0, 0.05) is 10.2 Å². The minimum atomic E-state index is -0.383. The van der Waals surface area contributed by atoms with Crippen LogP contribution in [0.25, 0.3) is 0 Å². The standard InChI is InChI=1S/C19H20BrNO3/c1-3-16(14-7-5-4-6-8-14)19(23)24-12-18(22)21-15-9-10-17(20)13(2)11-15/h4-11,16H,3,12H2,1-2H3,(H,21,22)/t16-/m0/s1. The number of aryl methyl sites for hydroxylation is 1. The quantitative estimate of drug-likeness (QED) is 0.743. The number of esters is 1. The van der Waals surface area contributed by atoms with Crippen LogP contribution in [0.5, 0.6) is 0 Å². The molecule has 0 fully saturated rings. The minimum absolute atomic E-state index is 0.294. The van der Waals surface area contributed by atoms with Crippen molar-refractivity contribution in [1.29, 1.82) is 0 Å². The van der Waals surface area contributed by atoms with Crippen molar-refractivity contribution in [3.05, 3.63) is 64.1 Å². The lowest BCUT2D eigenvalue weighted by Gasteiger charge is -2.14. The van der Waals surface area contributed by atoms with Crippen molar-refractivity contribution >= 4 is 33.5 Å². The molecule has 2 rings (SSSR count). The van der Waals surface area contributed by atoms with Gasteiger partial charge >= 0.3 is 5.97 Å². The summed E-state index contributed by atoms with van der Waals surface area (Å²) in [6.07, 6.45) is 0.621. The summed E-state index contributed by atoms with van der Waals surface area (Å²) < 4.78 is 6.15. The van der Waals surface area contributed by atoms with Crippen molar-refractivity contribution in [3.8, 4) is 0 Å². The van der Waals surface area contributed by atoms with Crippen LogP contribution in [-0.4, -0.2) is 18.5 Å². The van der Waals surface area contributed by atoms with Crippen molar-refractivity contribution in [2.75, 3.05) is 11.9 Å². The van der Waals surface area contributed by atoms with Crippen LogP contribution in [0.1, 0.15) is 30.4 Å². The molecule has 1 atom stereocenters. The Kier molecular flexibility index (Phi) is 6.55. The van der Waals surface area contributed by atoms with E-state index in [1.165, 1.54) is 0 Å². The fourth-order valence-electron chi connectivity index (χ4n) is 2.38. The number of anilines is 1. The number of rotatable bonds is 6. The van der Waals surface area contributed by atoms with E-state index in [9.17, 15) is 9.59 Å². The van der Waals surface area contributed by atoms with Crippen LogP contribution in [0, 0.1) is 6.92 Å². The molecule has 2 aromatic carbocycles. The third kappa shape index (κ3) is 4.93. The fraction of sp³-hybridized carbons (Fsp3) is 0.263. The van der Waals surface area contributed by atoms with Crippen LogP contribution in [0.15, 0.2) is 53.0 Å². The first-order valence-corrected chi connectivity index (χ1v) is 8.58. The number of benzene rings is 2. The summed E-state index contributed by atoms with van der Waals surface area (Å²) in [6, 6.07) is 14.9. The predicted molar refractivity (Wildman–Crippen MR) is 97.9 cm³/mol. The van der Waals surface area contributed by atoms with E-state index in [-0.39, 0.29) is 24.4 Å². The van der Waals surface area contributed by atoms with Gasteiger partial charge in [-0.15, -0.1) is 0 Å². The lowest BCUT2D eigenvalue weighted by molar-refractivity contribution is -0.149. The molecular weight excluding hydrogens is 370 g/mol. The molecule has 0 unspecified atom stereocenters. The molecule has 0 aliphatic rings. The van der Waals surface area contributed by atoms with Gasteiger partial charge in [-0.3, -0.25) is 9.59 Å². The number of hydrogen-bond donors (Lipinski definition) is 1. The molecule has 4 nitrogen and oxygen atoms in total. The average Bonchev–Trinajstić information content (AvgIpc) is 2.58. The molecule has 0 saturated heterocycles. The molecule has 0 radical (unpaired) electrons. The molecule has 126 valence electrons. The zero-order valence-electron chi connectivity index (χ0n) is 13.7. The van der Waals surface area contributed by atoms with Gasteiger partial charge in [0.25, 0.3) is 5.91 Å². The summed E-state index contributed by atoms with van der Waals surface area (Å²) >= 11 is 3.41. The number of carbonyl (C=O) groups is 2. The number of amides is 1. The Hall–Kier alpha value is -2.14. The third-order valence-electron chi connectivity index (χ3n) is 3.68. The third-order valence-corrected chi connectivity index (χ3v) is 4.57. The fourth-order valence-corrected chi connectivity index (χ4v) is 2.63. The maximum Gasteiger partial charge on any atom is 0.313 e. The van der Waals surface area contributed by atoms with Crippen molar-refractivity contribution in [2.45, 2.75) is 26.2 Å². The summed E-state index contributed by atoms with van der Waals surface area (Å²) in [5, 5.41) is 2.73. The van der Waals surface area contributed by atoms with Crippen LogP contribution in [0.3, 0.4) is 0 Å². The van der Waals surface area contributed by atoms with Crippen LogP contribution in [0.2, 0.25) is 0 Å². The second-order valence-corrected chi connectivity index (χ2v) is 6.35. The summed E-state index contributed by atoms with van der Waals surface area (Å²) in [4.78, 5) is 24.2. The Balaban J connectivity index is 1.90. The van der Waals surface area contributed by atoms with Crippen LogP contribution in [0.4, 0.5) is 5.69 Å². The number of hydrogen-bond acceptors (Lipinski definition) is 3. The first-order valence-electron chi connectivity index (χ1n) is 7.79. The second-order valence-electron chi connectivity index (χ2n) is 5.49. The molecule has 0 heterocycles. The number of nitrogens with one attached hydrogen (secondary N) is 1. The summed E-state index contributed by atoms with van der Waals surface area (Å²) in [7, 11) is 0. The van der Waals surface area contributed by atoms with E-state index in [1.54, 1.807) is 6.07 Å². The highest BCUT2D eigenvalue weighted by Gasteiger charge is 2.20. The summed E-state index contributed by atoms with van der Waals surface area (Å²) in [6.45, 7) is 3.56. The lowest BCUT2D eigenvalue weighted by atomic mass is 9.97. The average molecular weight is 390 g/mol. The largest absolute Gasteiger partial charge is 0.455 e. The lowest BCUT2D eigenvalue weighted by Crippen LogP contribution is -2.23. The van der Waals surface area contributed by atoms with E-state index in [0.29, 0.717) is 12.1 Å². The SMILES string of the molecule is CC[C@H](C(=O)OCC(=O)Nc1ccc(Br)c(C)c1)c1ccccc1.